The quantitative estimate of drug-likeness (QED) is 0.202. The van der Waals surface area contributed by atoms with Crippen molar-refractivity contribution < 1.29 is 18.3 Å². The van der Waals surface area contributed by atoms with Crippen molar-refractivity contribution in [3.05, 3.63) is 107 Å². The Bertz CT molecular complexity index is 1870. The third-order valence-electron chi connectivity index (χ3n) is 8.75. The number of rotatable bonds is 4. The van der Waals surface area contributed by atoms with Crippen molar-refractivity contribution in [2.45, 2.75) is 58.4 Å². The predicted molar refractivity (Wildman–Crippen MR) is 179 cm³/mol. The maximum Gasteiger partial charge on any atom is 0.171 e. The summed E-state index contributed by atoms with van der Waals surface area (Å²) in [6, 6.07) is 17.9. The lowest BCUT2D eigenvalue weighted by atomic mass is 9.82. The number of halogens is 2. The molecule has 1 aliphatic heterocycles. The van der Waals surface area contributed by atoms with Gasteiger partial charge in [0.1, 0.15) is 17.9 Å². The van der Waals surface area contributed by atoms with Crippen molar-refractivity contribution in [1.82, 2.24) is 14.8 Å². The number of hydrogen-bond acceptors (Lipinski definition) is 4. The van der Waals surface area contributed by atoms with Crippen LogP contribution in [-0.2, 0) is 16.8 Å². The number of thioether (sulfide) groups is 1. The lowest BCUT2D eigenvalue weighted by molar-refractivity contribution is -0.107. The van der Waals surface area contributed by atoms with E-state index in [1.54, 1.807) is 24.0 Å². The fourth-order valence-corrected chi connectivity index (χ4v) is 7.05. The Hall–Kier alpha value is -4.17. The molecule has 1 atom stereocenters. The molecule has 0 saturated carbocycles. The maximum atomic E-state index is 15.5. The molecule has 0 radical (unpaired) electrons. The highest BCUT2D eigenvalue weighted by Crippen LogP contribution is 2.40. The highest BCUT2D eigenvalue weighted by Gasteiger charge is 2.31. The van der Waals surface area contributed by atoms with Gasteiger partial charge in [-0.2, -0.15) is 5.10 Å². The van der Waals surface area contributed by atoms with Crippen molar-refractivity contribution in [2.24, 2.45) is 5.41 Å². The molecule has 45 heavy (non-hydrogen) atoms. The number of H-pyrrole nitrogens is 1. The maximum absolute atomic E-state index is 15.5. The molecule has 4 bridgehead atoms. The van der Waals surface area contributed by atoms with Crippen LogP contribution in [0.3, 0.4) is 0 Å². The molecule has 0 saturated heterocycles. The zero-order valence-electron chi connectivity index (χ0n) is 25.8. The van der Waals surface area contributed by atoms with Crippen LogP contribution in [0.5, 0.6) is 11.5 Å². The summed E-state index contributed by atoms with van der Waals surface area (Å²) in [7, 11) is 0. The van der Waals surface area contributed by atoms with E-state index in [1.165, 1.54) is 18.2 Å². The summed E-state index contributed by atoms with van der Waals surface area (Å²) in [5.74, 6) is 0.329. The minimum Gasteiger partial charge on any atom is -0.454 e. The molecule has 0 spiro atoms. The minimum atomic E-state index is -0.515. The zero-order chi connectivity index (χ0) is 31.6. The van der Waals surface area contributed by atoms with E-state index < -0.39 is 17.2 Å². The van der Waals surface area contributed by atoms with Crippen molar-refractivity contribution >= 4 is 35.0 Å². The number of fused-ring (bicyclic) bond motifs is 8. The largest absolute Gasteiger partial charge is 0.454 e. The molecule has 6 rings (SSSR count). The van der Waals surface area contributed by atoms with Gasteiger partial charge in [-0.25, -0.2) is 8.78 Å². The average Bonchev–Trinajstić information content (AvgIpc) is 3.70. The fraction of sp³-hybridized carbons (Fsp3) is 0.297. The number of aryl methyl sites for hydroxylation is 1. The Morgan fingerprint density at radius 1 is 1.04 bits per heavy atom. The third kappa shape index (κ3) is 6.47. The van der Waals surface area contributed by atoms with Gasteiger partial charge in [-0.15, -0.1) is 11.8 Å². The molecule has 232 valence electrons. The summed E-state index contributed by atoms with van der Waals surface area (Å²) in [4.78, 5) is 14.2. The van der Waals surface area contributed by atoms with E-state index in [0.29, 0.717) is 35.4 Å². The number of nitrogens with one attached hydrogen (secondary N) is 1. The first-order chi connectivity index (χ1) is 21.7. The second-order valence-corrected chi connectivity index (χ2v) is 13.6. The van der Waals surface area contributed by atoms with Gasteiger partial charge in [0.25, 0.3) is 0 Å². The molecule has 5 aromatic rings. The molecule has 0 amide bonds. The number of nitrogens with zero attached hydrogens (tertiary/aromatic N) is 2. The van der Waals surface area contributed by atoms with Crippen molar-refractivity contribution in [3.63, 3.8) is 0 Å². The van der Waals surface area contributed by atoms with Crippen LogP contribution < -0.4 is 4.74 Å². The van der Waals surface area contributed by atoms with Gasteiger partial charge in [0, 0.05) is 52.7 Å². The first kappa shape index (κ1) is 30.8. The van der Waals surface area contributed by atoms with E-state index in [0.717, 1.165) is 47.8 Å². The minimum absolute atomic E-state index is 0.0354. The van der Waals surface area contributed by atoms with Crippen molar-refractivity contribution in [1.29, 1.82) is 0 Å². The van der Waals surface area contributed by atoms with Crippen LogP contribution in [0.25, 0.3) is 28.2 Å². The van der Waals surface area contributed by atoms with Gasteiger partial charge in [-0.3, -0.25) is 4.68 Å². The van der Waals surface area contributed by atoms with Crippen LogP contribution in [0, 0.1) is 17.0 Å². The van der Waals surface area contributed by atoms with Crippen LogP contribution >= 0.6 is 11.8 Å². The van der Waals surface area contributed by atoms with Crippen LogP contribution in [0.4, 0.5) is 8.78 Å². The number of carbonyl (C=O) groups excluding carboxylic acids is 1. The van der Waals surface area contributed by atoms with E-state index in [2.05, 4.69) is 37.9 Å². The molecule has 0 aliphatic carbocycles. The third-order valence-corrected chi connectivity index (χ3v) is 10.0. The first-order valence-electron chi connectivity index (χ1n) is 15.3. The van der Waals surface area contributed by atoms with E-state index >= 15 is 8.78 Å². The summed E-state index contributed by atoms with van der Waals surface area (Å²) in [5.41, 5.74) is 3.73. The lowest BCUT2D eigenvalue weighted by Gasteiger charge is -2.33. The van der Waals surface area contributed by atoms with E-state index in [-0.39, 0.29) is 16.7 Å². The van der Waals surface area contributed by atoms with Gasteiger partial charge in [-0.05, 0) is 84.5 Å². The number of aromatic nitrogens is 3. The van der Waals surface area contributed by atoms with Gasteiger partial charge < -0.3 is 14.5 Å². The SMILES string of the molecule is CC1(C)CCCC(C)(c2cccc(CCC=O)c2)n2ccc(n2)-c2cc(ccc2F)Oc2c(F)cc3[nH]ccc3c2/C=C/SC1. The van der Waals surface area contributed by atoms with Gasteiger partial charge in [0.15, 0.2) is 11.6 Å². The first-order valence-corrected chi connectivity index (χ1v) is 16.4. The number of carbonyl (C=O) groups is 1. The van der Waals surface area contributed by atoms with Crippen molar-refractivity contribution in [2.75, 3.05) is 5.75 Å². The molecular formula is C37H37F2N3O2S. The van der Waals surface area contributed by atoms with Crippen LogP contribution in [0.2, 0.25) is 0 Å². The molecule has 3 aromatic carbocycles. The molecule has 0 fully saturated rings. The van der Waals surface area contributed by atoms with Gasteiger partial charge in [0.2, 0.25) is 0 Å². The Labute approximate surface area is 266 Å². The summed E-state index contributed by atoms with van der Waals surface area (Å²) in [6.07, 6.45) is 10.4. The lowest BCUT2D eigenvalue weighted by Crippen LogP contribution is -2.33. The van der Waals surface area contributed by atoms with Crippen LogP contribution in [0.1, 0.15) is 63.1 Å². The van der Waals surface area contributed by atoms with Gasteiger partial charge >= 0.3 is 0 Å². The van der Waals surface area contributed by atoms with E-state index in [9.17, 15) is 4.79 Å². The summed E-state index contributed by atoms with van der Waals surface area (Å²) < 4.78 is 39.0. The summed E-state index contributed by atoms with van der Waals surface area (Å²) in [6.45, 7) is 6.71. The summed E-state index contributed by atoms with van der Waals surface area (Å²) in [5, 5.41) is 7.78. The molecule has 2 aromatic heterocycles. The molecule has 1 N–H and O–H groups in total. The standard InChI is InChI=1S/C37H37F2N3O2S/c1-36(2)15-6-16-37(3,26-9-4-7-25(21-26)8-5-19-43)42-18-13-33(41-42)30-22-27(10-11-31(30)38)44-35-29(14-20-45-24-36)28-12-17-40-34(28)23-32(35)39/h4,7,9-14,17-23,40H,5-6,8,15-16,24H2,1-3H3/b20-14+. The highest BCUT2D eigenvalue weighted by molar-refractivity contribution is 8.02. The van der Waals surface area contributed by atoms with E-state index in [4.69, 9.17) is 9.84 Å². The van der Waals surface area contributed by atoms with Gasteiger partial charge in [0.05, 0.1) is 11.2 Å². The molecule has 5 nitrogen and oxygen atoms in total. The second kappa shape index (κ2) is 12.7. The Balaban J connectivity index is 1.46. The molecular weight excluding hydrogens is 588 g/mol. The zero-order valence-corrected chi connectivity index (χ0v) is 26.6. The molecule has 8 heteroatoms. The Morgan fingerprint density at radius 2 is 1.91 bits per heavy atom. The number of hydrogen-bond donors (Lipinski definition) is 1. The number of aldehydes is 1. The van der Waals surface area contributed by atoms with Gasteiger partial charge in [-0.1, -0.05) is 44.5 Å². The topological polar surface area (TPSA) is 59.9 Å². The van der Waals surface area contributed by atoms with Crippen LogP contribution in [0.15, 0.2) is 78.5 Å². The van der Waals surface area contributed by atoms with Crippen LogP contribution in [-0.4, -0.2) is 26.8 Å². The number of aromatic amines is 1. The average molecular weight is 626 g/mol. The van der Waals surface area contributed by atoms with E-state index in [1.807, 2.05) is 46.6 Å². The summed E-state index contributed by atoms with van der Waals surface area (Å²) >= 11 is 1.69. The highest BCUT2D eigenvalue weighted by atomic mass is 32.2. The number of ether oxygens (including phenoxy) is 1. The molecule has 1 aliphatic rings. The second-order valence-electron chi connectivity index (χ2n) is 12.7. The number of benzene rings is 3. The van der Waals surface area contributed by atoms with Crippen molar-refractivity contribution in [3.8, 4) is 22.8 Å². The normalized spacial score (nSPS) is 19.2. The smallest absolute Gasteiger partial charge is 0.171 e. The Kier molecular flexibility index (Phi) is 8.69. The molecule has 1 unspecified atom stereocenters. The fourth-order valence-electron chi connectivity index (χ4n) is 6.13. The monoisotopic (exact) mass is 625 g/mol. The molecule has 3 heterocycles. The Morgan fingerprint density at radius 3 is 2.76 bits per heavy atom. The predicted octanol–water partition coefficient (Wildman–Crippen LogP) is 9.91.